The predicted molar refractivity (Wildman–Crippen MR) is 95.1 cm³/mol. The van der Waals surface area contributed by atoms with Gasteiger partial charge in [0.1, 0.15) is 0 Å². The molecule has 132 valence electrons. The quantitative estimate of drug-likeness (QED) is 0.870. The molecule has 0 fully saturated rings. The Kier molecular flexibility index (Phi) is 5.33. The highest BCUT2D eigenvalue weighted by atomic mass is 16.3. The van der Waals surface area contributed by atoms with Crippen molar-refractivity contribution in [2.75, 3.05) is 18.5 Å². The zero-order valence-corrected chi connectivity index (χ0v) is 15.2. The van der Waals surface area contributed by atoms with Gasteiger partial charge in [-0.15, -0.1) is 0 Å². The number of aryl methyl sites for hydroxylation is 1. The third-order valence-corrected chi connectivity index (χ3v) is 4.82. The lowest BCUT2D eigenvalue weighted by Crippen LogP contribution is -2.43. The van der Waals surface area contributed by atoms with Crippen LogP contribution in [-0.4, -0.2) is 36.6 Å². The zero-order valence-electron chi connectivity index (χ0n) is 15.2. The van der Waals surface area contributed by atoms with Gasteiger partial charge in [-0.1, -0.05) is 27.7 Å². The molecule has 0 aliphatic carbocycles. The molecule has 24 heavy (non-hydrogen) atoms. The fourth-order valence-electron chi connectivity index (χ4n) is 3.21. The molecule has 1 aliphatic rings. The summed E-state index contributed by atoms with van der Waals surface area (Å²) < 4.78 is 0. The van der Waals surface area contributed by atoms with Crippen LogP contribution in [0.2, 0.25) is 0 Å². The van der Waals surface area contributed by atoms with Gasteiger partial charge in [0.15, 0.2) is 0 Å². The van der Waals surface area contributed by atoms with E-state index >= 15 is 0 Å². The minimum atomic E-state index is -0.485. The lowest BCUT2D eigenvalue weighted by molar-refractivity contribution is -0.118. The Morgan fingerprint density at radius 2 is 2.00 bits per heavy atom. The van der Waals surface area contributed by atoms with E-state index < -0.39 is 11.5 Å². The lowest BCUT2D eigenvalue weighted by Gasteiger charge is -2.33. The molecule has 5 nitrogen and oxygen atoms in total. The number of benzene rings is 1. The van der Waals surface area contributed by atoms with E-state index in [0.29, 0.717) is 24.9 Å². The van der Waals surface area contributed by atoms with Gasteiger partial charge in [0.2, 0.25) is 5.91 Å². The summed E-state index contributed by atoms with van der Waals surface area (Å²) in [4.78, 5) is 25.8. The number of hydrogen-bond acceptors (Lipinski definition) is 3. The smallest absolute Gasteiger partial charge is 0.251 e. The Morgan fingerprint density at radius 3 is 2.62 bits per heavy atom. The summed E-state index contributed by atoms with van der Waals surface area (Å²) in [6, 6.07) is 5.43. The van der Waals surface area contributed by atoms with Crippen LogP contribution in [0.3, 0.4) is 0 Å². The molecule has 5 heteroatoms. The third kappa shape index (κ3) is 3.78. The molecule has 0 radical (unpaired) electrons. The summed E-state index contributed by atoms with van der Waals surface area (Å²) in [5.74, 6) is 0.0826. The van der Waals surface area contributed by atoms with Crippen molar-refractivity contribution in [3.05, 3.63) is 29.3 Å². The number of rotatable bonds is 5. The Morgan fingerprint density at radius 1 is 1.33 bits per heavy atom. The molecule has 1 aromatic carbocycles. The van der Waals surface area contributed by atoms with Gasteiger partial charge in [0.25, 0.3) is 5.91 Å². The Labute approximate surface area is 144 Å². The van der Waals surface area contributed by atoms with Gasteiger partial charge in [-0.2, -0.15) is 0 Å². The van der Waals surface area contributed by atoms with Gasteiger partial charge in [-0.3, -0.25) is 9.59 Å². The van der Waals surface area contributed by atoms with Gasteiger partial charge in [-0.25, -0.2) is 0 Å². The van der Waals surface area contributed by atoms with Crippen molar-refractivity contribution < 1.29 is 14.7 Å². The summed E-state index contributed by atoms with van der Waals surface area (Å²) in [5.41, 5.74) is 2.08. The number of fused-ring (bicyclic) bond motifs is 1. The van der Waals surface area contributed by atoms with E-state index in [9.17, 15) is 14.7 Å². The number of aliphatic hydroxyl groups is 1. The average Bonchev–Trinajstić information content (AvgIpc) is 2.55. The first-order valence-electron chi connectivity index (χ1n) is 8.49. The van der Waals surface area contributed by atoms with E-state index in [1.54, 1.807) is 18.0 Å². The molecule has 1 unspecified atom stereocenters. The summed E-state index contributed by atoms with van der Waals surface area (Å²) in [7, 11) is 1.76. The molecular formula is C19H28N2O3. The van der Waals surface area contributed by atoms with Crippen LogP contribution in [0.25, 0.3) is 0 Å². The molecule has 1 aromatic rings. The molecule has 0 bridgehead atoms. The molecule has 0 aromatic heterocycles. The maximum atomic E-state index is 12.4. The van der Waals surface area contributed by atoms with Gasteiger partial charge < -0.3 is 15.3 Å². The number of amides is 2. The van der Waals surface area contributed by atoms with Crippen molar-refractivity contribution in [1.82, 2.24) is 5.32 Å². The van der Waals surface area contributed by atoms with Crippen LogP contribution >= 0.6 is 0 Å². The van der Waals surface area contributed by atoms with Crippen LogP contribution in [0.15, 0.2) is 18.2 Å². The molecule has 2 N–H and O–H groups in total. The standard InChI is InChI=1S/C19H28N2O3/c1-12(2)17(23)19(3,4)11-20-18(24)14-6-8-15-13(10-14)7-9-16(22)21(15)5/h6,8,10,12,17,23H,7,9,11H2,1-5H3,(H,20,24). The van der Waals surface area contributed by atoms with E-state index in [0.717, 1.165) is 11.3 Å². The topological polar surface area (TPSA) is 69.6 Å². The SMILES string of the molecule is CC(C)C(O)C(C)(C)CNC(=O)c1ccc2c(c1)CCC(=O)N2C. The first kappa shape index (κ1) is 18.5. The fraction of sp³-hybridized carbons (Fsp3) is 0.579. The van der Waals surface area contributed by atoms with E-state index in [1.165, 1.54) is 0 Å². The first-order valence-corrected chi connectivity index (χ1v) is 8.49. The number of nitrogens with zero attached hydrogens (tertiary/aromatic N) is 1. The zero-order chi connectivity index (χ0) is 18.1. The lowest BCUT2D eigenvalue weighted by atomic mass is 9.80. The highest BCUT2D eigenvalue weighted by Crippen LogP contribution is 2.28. The van der Waals surface area contributed by atoms with Crippen molar-refractivity contribution in [1.29, 1.82) is 0 Å². The summed E-state index contributed by atoms with van der Waals surface area (Å²) >= 11 is 0. The molecule has 2 rings (SSSR count). The minimum Gasteiger partial charge on any atom is -0.392 e. The van der Waals surface area contributed by atoms with Gasteiger partial charge in [0.05, 0.1) is 6.10 Å². The van der Waals surface area contributed by atoms with Gasteiger partial charge >= 0.3 is 0 Å². The molecule has 0 saturated heterocycles. The molecule has 0 spiro atoms. The van der Waals surface area contributed by atoms with E-state index in [1.807, 2.05) is 39.8 Å². The Bertz CT molecular complexity index is 637. The Balaban J connectivity index is 2.07. The summed E-state index contributed by atoms with van der Waals surface area (Å²) in [6.45, 7) is 8.24. The number of nitrogens with one attached hydrogen (secondary N) is 1. The largest absolute Gasteiger partial charge is 0.392 e. The summed E-state index contributed by atoms with van der Waals surface area (Å²) in [6.07, 6.45) is 0.653. The molecule has 2 amide bonds. The maximum Gasteiger partial charge on any atom is 0.251 e. The van der Waals surface area contributed by atoms with E-state index in [2.05, 4.69) is 5.32 Å². The normalized spacial score (nSPS) is 16.1. The molecule has 1 atom stereocenters. The van der Waals surface area contributed by atoms with Crippen LogP contribution in [0.4, 0.5) is 5.69 Å². The van der Waals surface area contributed by atoms with Crippen LogP contribution in [-0.2, 0) is 11.2 Å². The van der Waals surface area contributed by atoms with Crippen molar-refractivity contribution in [3.8, 4) is 0 Å². The van der Waals surface area contributed by atoms with Crippen LogP contribution in [0.5, 0.6) is 0 Å². The number of aliphatic hydroxyl groups excluding tert-OH is 1. The van der Waals surface area contributed by atoms with Crippen LogP contribution in [0.1, 0.15) is 50.0 Å². The fourth-order valence-corrected chi connectivity index (χ4v) is 3.21. The van der Waals surface area contributed by atoms with Crippen molar-refractivity contribution >= 4 is 17.5 Å². The molecule has 1 heterocycles. The van der Waals surface area contributed by atoms with Crippen LogP contribution < -0.4 is 10.2 Å². The van der Waals surface area contributed by atoms with E-state index in [4.69, 9.17) is 0 Å². The van der Waals surface area contributed by atoms with Crippen LogP contribution in [0, 0.1) is 11.3 Å². The average molecular weight is 332 g/mol. The predicted octanol–water partition coefficient (Wildman–Crippen LogP) is 2.37. The third-order valence-electron chi connectivity index (χ3n) is 4.82. The monoisotopic (exact) mass is 332 g/mol. The second-order valence-electron chi connectivity index (χ2n) is 7.66. The number of carbonyl (C=O) groups excluding carboxylic acids is 2. The molecule has 0 saturated carbocycles. The number of hydrogen-bond donors (Lipinski definition) is 2. The highest BCUT2D eigenvalue weighted by molar-refractivity contribution is 5.98. The maximum absolute atomic E-state index is 12.4. The number of anilines is 1. The van der Waals surface area contributed by atoms with E-state index in [-0.39, 0.29) is 17.7 Å². The molecular weight excluding hydrogens is 304 g/mol. The van der Waals surface area contributed by atoms with Crippen molar-refractivity contribution in [2.24, 2.45) is 11.3 Å². The van der Waals surface area contributed by atoms with Gasteiger partial charge in [-0.05, 0) is 36.1 Å². The van der Waals surface area contributed by atoms with Gasteiger partial charge in [0, 0.05) is 36.7 Å². The van der Waals surface area contributed by atoms with Crippen molar-refractivity contribution in [3.63, 3.8) is 0 Å². The second-order valence-corrected chi connectivity index (χ2v) is 7.66. The second kappa shape index (κ2) is 6.93. The highest BCUT2D eigenvalue weighted by Gasteiger charge is 2.30. The Hall–Kier alpha value is -1.88. The first-order chi connectivity index (χ1) is 11.1. The number of carbonyl (C=O) groups is 2. The minimum absolute atomic E-state index is 0.101. The summed E-state index contributed by atoms with van der Waals surface area (Å²) in [5, 5.41) is 13.2. The molecule has 1 aliphatic heterocycles. The van der Waals surface area contributed by atoms with Crippen molar-refractivity contribution in [2.45, 2.75) is 46.6 Å².